The highest BCUT2D eigenvalue weighted by molar-refractivity contribution is 5.82. The number of nitrogens with one attached hydrogen (secondary N) is 2. The monoisotopic (exact) mass is 358 g/mol. The molecule has 5 nitrogen and oxygen atoms in total. The average molecular weight is 359 g/mol. The van der Waals surface area contributed by atoms with Gasteiger partial charge in [-0.05, 0) is 50.3 Å². The molecule has 0 radical (unpaired) electrons. The predicted molar refractivity (Wildman–Crippen MR) is 106 cm³/mol. The molecule has 5 heteroatoms. The lowest BCUT2D eigenvalue weighted by atomic mass is 9.94. The normalized spacial score (nSPS) is 27.5. The SMILES string of the molecule is CCC1NNC(C(=O)N2CCCN(CCCc3ccccc3)CC2)C1C. The summed E-state index contributed by atoms with van der Waals surface area (Å²) in [5.41, 5.74) is 7.93. The summed E-state index contributed by atoms with van der Waals surface area (Å²) in [6.45, 7) is 9.30. The molecule has 1 aromatic carbocycles. The molecular weight excluding hydrogens is 324 g/mol. The molecule has 0 bridgehead atoms. The van der Waals surface area contributed by atoms with Crippen molar-refractivity contribution in [3.8, 4) is 0 Å². The Bertz CT molecular complexity index is 564. The van der Waals surface area contributed by atoms with Crippen LogP contribution >= 0.6 is 0 Å². The number of hydrogen-bond donors (Lipinski definition) is 2. The van der Waals surface area contributed by atoms with Crippen molar-refractivity contribution in [2.75, 3.05) is 32.7 Å². The molecule has 2 heterocycles. The fraction of sp³-hybridized carbons (Fsp3) is 0.667. The molecule has 3 atom stereocenters. The summed E-state index contributed by atoms with van der Waals surface area (Å²) in [5.74, 6) is 0.616. The first-order valence-corrected chi connectivity index (χ1v) is 10.2. The standard InChI is InChI=1S/C21H34N4O/c1-3-19-17(2)20(23-22-19)21(26)25-14-8-13-24(15-16-25)12-7-11-18-9-5-4-6-10-18/h4-6,9-10,17,19-20,22-23H,3,7-8,11-16H2,1-2H3. The number of rotatable bonds is 6. The van der Waals surface area contributed by atoms with Gasteiger partial charge in [-0.15, -0.1) is 0 Å². The van der Waals surface area contributed by atoms with E-state index in [1.54, 1.807) is 0 Å². The van der Waals surface area contributed by atoms with Crippen LogP contribution in [0.4, 0.5) is 0 Å². The van der Waals surface area contributed by atoms with E-state index in [0.717, 1.165) is 52.0 Å². The molecule has 3 unspecified atom stereocenters. The van der Waals surface area contributed by atoms with Crippen LogP contribution in [0.3, 0.4) is 0 Å². The smallest absolute Gasteiger partial charge is 0.241 e. The highest BCUT2D eigenvalue weighted by atomic mass is 16.2. The lowest BCUT2D eigenvalue weighted by molar-refractivity contribution is -0.133. The number of hydrogen-bond acceptors (Lipinski definition) is 4. The van der Waals surface area contributed by atoms with Crippen LogP contribution in [0.2, 0.25) is 0 Å². The van der Waals surface area contributed by atoms with Gasteiger partial charge in [0.1, 0.15) is 6.04 Å². The van der Waals surface area contributed by atoms with Crippen LogP contribution in [0.25, 0.3) is 0 Å². The number of carbonyl (C=O) groups excluding carboxylic acids is 1. The Kier molecular flexibility index (Phi) is 7.06. The summed E-state index contributed by atoms with van der Waals surface area (Å²) in [7, 11) is 0. The fourth-order valence-electron chi connectivity index (χ4n) is 4.22. The number of benzene rings is 1. The van der Waals surface area contributed by atoms with Gasteiger partial charge in [0.15, 0.2) is 0 Å². The molecule has 1 aromatic rings. The third-order valence-corrected chi connectivity index (χ3v) is 5.97. The Morgan fingerprint density at radius 1 is 1.12 bits per heavy atom. The lowest BCUT2D eigenvalue weighted by Crippen LogP contribution is -2.48. The van der Waals surface area contributed by atoms with Gasteiger partial charge in [0.05, 0.1) is 0 Å². The van der Waals surface area contributed by atoms with Crippen molar-refractivity contribution in [1.82, 2.24) is 20.7 Å². The highest BCUT2D eigenvalue weighted by Gasteiger charge is 2.38. The Labute approximate surface area is 158 Å². The summed E-state index contributed by atoms with van der Waals surface area (Å²) in [6.07, 6.45) is 4.44. The van der Waals surface area contributed by atoms with Gasteiger partial charge in [0.2, 0.25) is 5.91 Å². The Balaban J connectivity index is 1.43. The van der Waals surface area contributed by atoms with Crippen molar-refractivity contribution < 1.29 is 4.79 Å². The van der Waals surface area contributed by atoms with Crippen LogP contribution < -0.4 is 10.9 Å². The molecule has 3 rings (SSSR count). The van der Waals surface area contributed by atoms with Crippen molar-refractivity contribution >= 4 is 5.91 Å². The number of nitrogens with zero attached hydrogens (tertiary/aromatic N) is 2. The van der Waals surface area contributed by atoms with Gasteiger partial charge in [-0.3, -0.25) is 10.2 Å². The van der Waals surface area contributed by atoms with Crippen molar-refractivity contribution in [3.63, 3.8) is 0 Å². The average Bonchev–Trinajstić information content (AvgIpc) is 2.88. The van der Waals surface area contributed by atoms with Crippen LogP contribution in [0.5, 0.6) is 0 Å². The van der Waals surface area contributed by atoms with Gasteiger partial charge >= 0.3 is 0 Å². The molecule has 2 saturated heterocycles. The summed E-state index contributed by atoms with van der Waals surface area (Å²) >= 11 is 0. The molecule has 144 valence electrons. The van der Waals surface area contributed by atoms with Crippen LogP contribution in [-0.4, -0.2) is 60.5 Å². The minimum atomic E-state index is -0.0791. The van der Waals surface area contributed by atoms with Gasteiger partial charge in [-0.25, -0.2) is 5.43 Å². The van der Waals surface area contributed by atoms with Crippen molar-refractivity contribution in [2.24, 2.45) is 5.92 Å². The maximum atomic E-state index is 12.9. The third-order valence-electron chi connectivity index (χ3n) is 5.97. The third kappa shape index (κ3) is 4.84. The van der Waals surface area contributed by atoms with Crippen molar-refractivity contribution in [1.29, 1.82) is 0 Å². The Hall–Kier alpha value is -1.43. The van der Waals surface area contributed by atoms with Crippen molar-refractivity contribution in [2.45, 2.75) is 51.6 Å². The van der Waals surface area contributed by atoms with Gasteiger partial charge < -0.3 is 9.80 Å². The van der Waals surface area contributed by atoms with E-state index < -0.39 is 0 Å². The molecule has 0 aromatic heterocycles. The number of hydrazine groups is 1. The van der Waals surface area contributed by atoms with Crippen LogP contribution in [0.15, 0.2) is 30.3 Å². The minimum Gasteiger partial charge on any atom is -0.340 e. The second kappa shape index (κ2) is 9.49. The number of aryl methyl sites for hydroxylation is 1. The van der Waals surface area contributed by atoms with E-state index in [4.69, 9.17) is 0 Å². The second-order valence-electron chi connectivity index (χ2n) is 7.75. The first-order valence-electron chi connectivity index (χ1n) is 10.2. The minimum absolute atomic E-state index is 0.0791. The quantitative estimate of drug-likeness (QED) is 0.817. The largest absolute Gasteiger partial charge is 0.340 e. The zero-order chi connectivity index (χ0) is 18.4. The summed E-state index contributed by atoms with van der Waals surface area (Å²) < 4.78 is 0. The highest BCUT2D eigenvalue weighted by Crippen LogP contribution is 2.19. The number of amides is 1. The predicted octanol–water partition coefficient (Wildman–Crippen LogP) is 2.04. The molecule has 2 fully saturated rings. The van der Waals surface area contributed by atoms with E-state index in [1.165, 1.54) is 12.0 Å². The van der Waals surface area contributed by atoms with E-state index in [-0.39, 0.29) is 11.9 Å². The summed E-state index contributed by atoms with van der Waals surface area (Å²) in [4.78, 5) is 17.5. The van der Waals surface area contributed by atoms with E-state index in [0.29, 0.717) is 12.0 Å². The fourth-order valence-corrected chi connectivity index (χ4v) is 4.22. The molecule has 2 aliphatic heterocycles. The van der Waals surface area contributed by atoms with Gasteiger partial charge in [-0.2, -0.15) is 0 Å². The molecule has 2 N–H and O–H groups in total. The van der Waals surface area contributed by atoms with Crippen LogP contribution in [0.1, 0.15) is 38.7 Å². The molecule has 1 amide bonds. The van der Waals surface area contributed by atoms with E-state index in [9.17, 15) is 4.79 Å². The number of carbonyl (C=O) groups is 1. The van der Waals surface area contributed by atoms with E-state index in [1.807, 2.05) is 0 Å². The molecule has 2 aliphatic rings. The van der Waals surface area contributed by atoms with Gasteiger partial charge in [0, 0.05) is 25.7 Å². The molecule has 0 spiro atoms. The van der Waals surface area contributed by atoms with Gasteiger partial charge in [-0.1, -0.05) is 44.2 Å². The maximum absolute atomic E-state index is 12.9. The zero-order valence-electron chi connectivity index (χ0n) is 16.3. The van der Waals surface area contributed by atoms with Crippen LogP contribution in [0, 0.1) is 5.92 Å². The molecule has 0 aliphatic carbocycles. The van der Waals surface area contributed by atoms with E-state index >= 15 is 0 Å². The lowest BCUT2D eigenvalue weighted by Gasteiger charge is -2.26. The molecular formula is C21H34N4O. The van der Waals surface area contributed by atoms with E-state index in [2.05, 4.69) is 64.8 Å². The zero-order valence-corrected chi connectivity index (χ0v) is 16.3. The Morgan fingerprint density at radius 2 is 1.92 bits per heavy atom. The summed E-state index contributed by atoms with van der Waals surface area (Å²) in [6, 6.07) is 11.0. The first kappa shape index (κ1) is 19.3. The molecule has 26 heavy (non-hydrogen) atoms. The first-order chi connectivity index (χ1) is 12.7. The summed E-state index contributed by atoms with van der Waals surface area (Å²) in [5, 5.41) is 0. The van der Waals surface area contributed by atoms with Crippen molar-refractivity contribution in [3.05, 3.63) is 35.9 Å². The van der Waals surface area contributed by atoms with Crippen LogP contribution in [-0.2, 0) is 11.2 Å². The Morgan fingerprint density at radius 3 is 2.65 bits per heavy atom. The van der Waals surface area contributed by atoms with Gasteiger partial charge in [0.25, 0.3) is 0 Å². The molecule has 0 saturated carbocycles. The maximum Gasteiger partial charge on any atom is 0.241 e. The second-order valence-corrected chi connectivity index (χ2v) is 7.75. The topological polar surface area (TPSA) is 47.6 Å².